The summed E-state index contributed by atoms with van der Waals surface area (Å²) >= 11 is 0. The van der Waals surface area contributed by atoms with Crippen molar-refractivity contribution in [2.45, 2.75) is 51.2 Å². The SMILES string of the molecule is Cc1nn(CC(=O)NC[C@H]2[C@@H]3CNC[C@@H](C3)[C@@H]3CCCCN32)c(=O)c2ccccc12.Cl.Cl. The molecular formula is C23H33Cl2N5O2. The number of halogens is 2. The molecule has 4 atom stereocenters. The summed E-state index contributed by atoms with van der Waals surface area (Å²) in [6, 6.07) is 8.47. The summed E-state index contributed by atoms with van der Waals surface area (Å²) in [6.07, 6.45) is 5.11. The van der Waals surface area contributed by atoms with E-state index >= 15 is 0 Å². The monoisotopic (exact) mass is 481 g/mol. The third-order valence-electron chi connectivity index (χ3n) is 7.38. The van der Waals surface area contributed by atoms with Crippen molar-refractivity contribution in [1.29, 1.82) is 0 Å². The molecule has 3 saturated heterocycles. The lowest BCUT2D eigenvalue weighted by Gasteiger charge is -2.55. The van der Waals surface area contributed by atoms with Crippen LogP contribution < -0.4 is 16.2 Å². The standard InChI is InChI=1S/C23H31N5O2.2ClH/c1-15-18-6-2-3-7-19(18)23(30)28(26-15)14-22(29)25-13-21-17-10-16(11-24-12-17)20-8-4-5-9-27(20)21;;/h2-3,6-7,16-17,20-21,24H,4-5,8-14H2,1H3,(H,25,29);2*1H/t16-,17+,20+,21+;;/m1../s1. The number of fused-ring (bicyclic) bond motifs is 5. The number of aryl methyl sites for hydroxylation is 1. The van der Waals surface area contributed by atoms with Gasteiger partial charge in [0.1, 0.15) is 6.54 Å². The molecule has 1 aromatic carbocycles. The number of rotatable bonds is 4. The number of aromatic nitrogens is 2. The summed E-state index contributed by atoms with van der Waals surface area (Å²) in [5.41, 5.74) is 0.556. The third-order valence-corrected chi connectivity index (χ3v) is 7.38. The van der Waals surface area contributed by atoms with Gasteiger partial charge in [-0.25, -0.2) is 4.68 Å². The Bertz CT molecular complexity index is 1010. The third kappa shape index (κ3) is 4.67. The Morgan fingerprint density at radius 2 is 1.91 bits per heavy atom. The molecule has 0 spiro atoms. The van der Waals surface area contributed by atoms with E-state index in [4.69, 9.17) is 0 Å². The molecule has 0 unspecified atom stereocenters. The number of nitrogens with zero attached hydrogens (tertiary/aromatic N) is 3. The van der Waals surface area contributed by atoms with Gasteiger partial charge < -0.3 is 10.6 Å². The minimum Gasteiger partial charge on any atom is -0.353 e. The Balaban J connectivity index is 0.00000144. The predicted molar refractivity (Wildman–Crippen MR) is 131 cm³/mol. The highest BCUT2D eigenvalue weighted by Gasteiger charge is 2.45. The van der Waals surface area contributed by atoms with E-state index in [0.717, 1.165) is 36.6 Å². The maximum Gasteiger partial charge on any atom is 0.275 e. The zero-order valence-electron chi connectivity index (χ0n) is 18.5. The van der Waals surface area contributed by atoms with Crippen LogP contribution in [-0.2, 0) is 11.3 Å². The number of hydrogen-bond acceptors (Lipinski definition) is 5. The summed E-state index contributed by atoms with van der Waals surface area (Å²) in [6.45, 7) is 5.80. The second-order valence-corrected chi connectivity index (χ2v) is 9.18. The molecular weight excluding hydrogens is 449 g/mol. The Kier molecular flexibility index (Phi) is 8.20. The molecule has 0 radical (unpaired) electrons. The summed E-state index contributed by atoms with van der Waals surface area (Å²) in [5.74, 6) is 1.19. The molecule has 4 heterocycles. The maximum atomic E-state index is 12.8. The maximum absolute atomic E-state index is 12.8. The minimum atomic E-state index is -0.209. The van der Waals surface area contributed by atoms with Gasteiger partial charge in [0.15, 0.2) is 0 Å². The summed E-state index contributed by atoms with van der Waals surface area (Å²) in [5, 5.41) is 12.6. The Morgan fingerprint density at radius 3 is 2.72 bits per heavy atom. The zero-order valence-corrected chi connectivity index (χ0v) is 20.1. The van der Waals surface area contributed by atoms with E-state index in [9.17, 15) is 9.59 Å². The molecule has 0 saturated carbocycles. The van der Waals surface area contributed by atoms with Crippen LogP contribution in [0.25, 0.3) is 10.8 Å². The molecule has 2 aromatic rings. The quantitative estimate of drug-likeness (QED) is 0.698. The van der Waals surface area contributed by atoms with Gasteiger partial charge in [0, 0.05) is 24.0 Å². The first-order chi connectivity index (χ1) is 14.6. The van der Waals surface area contributed by atoms with Crippen LogP contribution in [0.1, 0.15) is 31.4 Å². The largest absolute Gasteiger partial charge is 0.353 e. The van der Waals surface area contributed by atoms with Gasteiger partial charge in [-0.3, -0.25) is 14.5 Å². The second-order valence-electron chi connectivity index (χ2n) is 9.18. The molecule has 3 fully saturated rings. The van der Waals surface area contributed by atoms with Gasteiger partial charge in [-0.05, 0) is 63.7 Å². The number of hydrogen-bond donors (Lipinski definition) is 2. The average Bonchev–Trinajstić information content (AvgIpc) is 2.77. The molecule has 9 heteroatoms. The van der Waals surface area contributed by atoms with E-state index in [1.54, 1.807) is 6.07 Å². The first-order valence-electron chi connectivity index (χ1n) is 11.3. The van der Waals surface area contributed by atoms with Crippen LogP contribution >= 0.6 is 24.8 Å². The van der Waals surface area contributed by atoms with Gasteiger partial charge in [0.25, 0.3) is 5.56 Å². The lowest BCUT2D eigenvalue weighted by Crippen LogP contribution is -2.65. The molecule has 2 N–H and O–H groups in total. The van der Waals surface area contributed by atoms with Crippen molar-refractivity contribution in [3.63, 3.8) is 0 Å². The van der Waals surface area contributed by atoms with Gasteiger partial charge in [0.05, 0.1) is 11.1 Å². The molecule has 1 amide bonds. The molecule has 32 heavy (non-hydrogen) atoms. The van der Waals surface area contributed by atoms with Crippen LogP contribution in [0.5, 0.6) is 0 Å². The van der Waals surface area contributed by atoms with Gasteiger partial charge in [0.2, 0.25) is 5.91 Å². The molecule has 7 nitrogen and oxygen atoms in total. The normalized spacial score (nSPS) is 27.0. The summed E-state index contributed by atoms with van der Waals surface area (Å²) < 4.78 is 1.30. The van der Waals surface area contributed by atoms with Crippen LogP contribution in [0.2, 0.25) is 0 Å². The zero-order chi connectivity index (χ0) is 20.7. The van der Waals surface area contributed by atoms with Gasteiger partial charge in [-0.2, -0.15) is 5.10 Å². The molecule has 1 aromatic heterocycles. The summed E-state index contributed by atoms with van der Waals surface area (Å²) in [4.78, 5) is 28.2. The van der Waals surface area contributed by atoms with Crippen molar-refractivity contribution in [3.8, 4) is 0 Å². The van der Waals surface area contributed by atoms with Crippen molar-refractivity contribution in [2.75, 3.05) is 26.2 Å². The predicted octanol–water partition coefficient (Wildman–Crippen LogP) is 2.13. The first-order valence-corrected chi connectivity index (χ1v) is 11.3. The van der Waals surface area contributed by atoms with Gasteiger partial charge in [-0.1, -0.05) is 24.6 Å². The minimum absolute atomic E-state index is 0. The van der Waals surface area contributed by atoms with Crippen molar-refractivity contribution < 1.29 is 4.79 Å². The smallest absolute Gasteiger partial charge is 0.275 e. The lowest BCUT2D eigenvalue weighted by molar-refractivity contribution is -0.123. The number of piperidine rings is 3. The molecule has 3 aliphatic heterocycles. The molecule has 176 valence electrons. The highest BCUT2D eigenvalue weighted by Crippen LogP contribution is 2.38. The Morgan fingerprint density at radius 1 is 1.16 bits per heavy atom. The van der Waals surface area contributed by atoms with E-state index in [1.807, 2.05) is 25.1 Å². The summed E-state index contributed by atoms with van der Waals surface area (Å²) in [7, 11) is 0. The number of carbonyl (C=O) groups excluding carboxylic acids is 1. The average molecular weight is 482 g/mol. The van der Waals surface area contributed by atoms with Crippen LogP contribution in [0, 0.1) is 18.8 Å². The fourth-order valence-electron chi connectivity index (χ4n) is 5.97. The van der Waals surface area contributed by atoms with Crippen LogP contribution in [-0.4, -0.2) is 58.9 Å². The fourth-order valence-corrected chi connectivity index (χ4v) is 5.97. The number of carbonyl (C=O) groups is 1. The Hall–Kier alpha value is -1.67. The van der Waals surface area contributed by atoms with Crippen molar-refractivity contribution in [2.24, 2.45) is 11.8 Å². The number of nitrogens with one attached hydrogen (secondary N) is 2. The highest BCUT2D eigenvalue weighted by molar-refractivity contribution is 5.85. The van der Waals surface area contributed by atoms with Crippen LogP contribution in [0.3, 0.4) is 0 Å². The van der Waals surface area contributed by atoms with Crippen LogP contribution in [0.4, 0.5) is 0 Å². The van der Waals surface area contributed by atoms with E-state index in [0.29, 0.717) is 29.9 Å². The molecule has 5 rings (SSSR count). The highest BCUT2D eigenvalue weighted by atomic mass is 35.5. The first kappa shape index (κ1) is 25.0. The molecule has 0 aliphatic carbocycles. The number of benzene rings is 1. The van der Waals surface area contributed by atoms with Gasteiger partial charge in [-0.15, -0.1) is 24.8 Å². The Labute approximate surface area is 201 Å². The number of amides is 1. The van der Waals surface area contributed by atoms with Crippen molar-refractivity contribution in [3.05, 3.63) is 40.3 Å². The van der Waals surface area contributed by atoms with E-state index in [2.05, 4.69) is 20.6 Å². The lowest BCUT2D eigenvalue weighted by atomic mass is 9.73. The molecule has 2 bridgehead atoms. The fraction of sp³-hybridized carbons (Fsp3) is 0.609. The molecule has 3 aliphatic rings. The van der Waals surface area contributed by atoms with E-state index < -0.39 is 0 Å². The topological polar surface area (TPSA) is 79.3 Å². The van der Waals surface area contributed by atoms with E-state index in [1.165, 1.54) is 30.4 Å². The van der Waals surface area contributed by atoms with Crippen molar-refractivity contribution in [1.82, 2.24) is 25.3 Å². The second kappa shape index (κ2) is 10.5. The van der Waals surface area contributed by atoms with Gasteiger partial charge >= 0.3 is 0 Å². The van der Waals surface area contributed by atoms with E-state index in [-0.39, 0.29) is 42.8 Å². The van der Waals surface area contributed by atoms with Crippen molar-refractivity contribution >= 4 is 41.5 Å². The van der Waals surface area contributed by atoms with Crippen LogP contribution in [0.15, 0.2) is 29.1 Å².